The zero-order valence-corrected chi connectivity index (χ0v) is 16.7. The largest absolute Gasteiger partial charge is 0.462 e. The summed E-state index contributed by atoms with van der Waals surface area (Å²) in [5.74, 6) is -1.41. The Kier molecular flexibility index (Phi) is 6.46. The molecule has 7 heteroatoms. The van der Waals surface area contributed by atoms with Gasteiger partial charge in [-0.05, 0) is 38.3 Å². The van der Waals surface area contributed by atoms with E-state index >= 15 is 0 Å². The van der Waals surface area contributed by atoms with Crippen LogP contribution in [0, 0.1) is 5.92 Å². The predicted molar refractivity (Wildman–Crippen MR) is 107 cm³/mol. The molecule has 1 aliphatic carbocycles. The van der Waals surface area contributed by atoms with Gasteiger partial charge in [0.15, 0.2) is 6.10 Å². The van der Waals surface area contributed by atoms with Crippen molar-refractivity contribution < 1.29 is 23.9 Å². The lowest BCUT2D eigenvalue weighted by atomic mass is 9.86. The molecule has 0 spiro atoms. The second-order valence-corrected chi connectivity index (χ2v) is 7.69. The molecule has 0 saturated heterocycles. The van der Waals surface area contributed by atoms with Crippen molar-refractivity contribution >= 4 is 34.2 Å². The monoisotopic (exact) mass is 401 g/mol. The number of benzene rings is 1. The molecule has 0 bridgehead atoms. The van der Waals surface area contributed by atoms with Crippen LogP contribution in [0.2, 0.25) is 0 Å². The first kappa shape index (κ1) is 20.1. The highest BCUT2D eigenvalue weighted by molar-refractivity contribution is 7.20. The lowest BCUT2D eigenvalue weighted by Gasteiger charge is -2.24. The molecule has 2 aromatic rings. The van der Waals surface area contributed by atoms with Crippen LogP contribution < -0.4 is 5.32 Å². The fourth-order valence-corrected chi connectivity index (χ4v) is 3.82. The quantitative estimate of drug-likeness (QED) is 0.701. The maximum Gasteiger partial charge on any atom is 0.341 e. The van der Waals surface area contributed by atoms with Gasteiger partial charge in [-0.2, -0.15) is 0 Å². The van der Waals surface area contributed by atoms with Gasteiger partial charge in [0.25, 0.3) is 5.91 Å². The number of carbonyl (C=O) groups is 3. The maximum absolute atomic E-state index is 12.5. The van der Waals surface area contributed by atoms with Crippen LogP contribution in [0.4, 0.5) is 5.00 Å². The first-order chi connectivity index (χ1) is 13.5. The molecule has 1 N–H and O–H groups in total. The van der Waals surface area contributed by atoms with Crippen LogP contribution in [0.15, 0.2) is 36.4 Å². The molecule has 1 saturated carbocycles. The third-order valence-electron chi connectivity index (χ3n) is 4.62. The summed E-state index contributed by atoms with van der Waals surface area (Å²) in [7, 11) is 0. The molecular weight excluding hydrogens is 378 g/mol. The molecule has 0 radical (unpaired) electrons. The first-order valence-electron chi connectivity index (χ1n) is 9.37. The van der Waals surface area contributed by atoms with Gasteiger partial charge in [0.05, 0.1) is 18.1 Å². The van der Waals surface area contributed by atoms with Crippen LogP contribution in [0.5, 0.6) is 0 Å². The SMILES string of the molecule is CCOC(=O)c1cc(-c2ccccc2)sc1NC(=O)C(C)OC(=O)C1CCC1. The number of hydrogen-bond acceptors (Lipinski definition) is 6. The predicted octanol–water partition coefficient (Wildman–Crippen LogP) is 4.26. The third-order valence-corrected chi connectivity index (χ3v) is 5.72. The summed E-state index contributed by atoms with van der Waals surface area (Å²) >= 11 is 1.28. The molecule has 1 amide bonds. The maximum atomic E-state index is 12.5. The standard InChI is InChI=1S/C21H23NO5S/c1-3-26-21(25)16-12-17(14-8-5-4-6-9-14)28-19(16)22-18(23)13(2)27-20(24)15-10-7-11-15/h4-6,8-9,12-13,15H,3,7,10-11H2,1-2H3,(H,22,23). The zero-order chi connectivity index (χ0) is 20.1. The minimum atomic E-state index is -0.939. The Morgan fingerprint density at radius 1 is 1.21 bits per heavy atom. The molecular formula is C21H23NO5S. The minimum Gasteiger partial charge on any atom is -0.462 e. The molecule has 6 nitrogen and oxygen atoms in total. The van der Waals surface area contributed by atoms with Crippen molar-refractivity contribution in [2.75, 3.05) is 11.9 Å². The van der Waals surface area contributed by atoms with Crippen molar-refractivity contribution in [3.63, 3.8) is 0 Å². The lowest BCUT2D eigenvalue weighted by molar-refractivity contribution is -0.159. The van der Waals surface area contributed by atoms with Gasteiger partial charge in [-0.25, -0.2) is 4.79 Å². The van der Waals surface area contributed by atoms with Crippen molar-refractivity contribution in [3.8, 4) is 10.4 Å². The molecule has 3 rings (SSSR count). The van der Waals surface area contributed by atoms with Gasteiger partial charge >= 0.3 is 11.9 Å². The number of hydrogen-bond donors (Lipinski definition) is 1. The van der Waals surface area contributed by atoms with Gasteiger partial charge in [-0.15, -0.1) is 11.3 Å². The zero-order valence-electron chi connectivity index (χ0n) is 15.9. The Bertz CT molecular complexity index is 857. The number of ether oxygens (including phenoxy) is 2. The van der Waals surface area contributed by atoms with Crippen LogP contribution in [0.1, 0.15) is 43.5 Å². The Morgan fingerprint density at radius 3 is 2.54 bits per heavy atom. The average Bonchev–Trinajstić information content (AvgIpc) is 3.05. The number of thiophene rings is 1. The Morgan fingerprint density at radius 2 is 1.93 bits per heavy atom. The van der Waals surface area contributed by atoms with E-state index in [-0.39, 0.29) is 24.1 Å². The summed E-state index contributed by atoms with van der Waals surface area (Å²) in [5, 5.41) is 3.10. The van der Waals surface area contributed by atoms with Gasteiger partial charge in [0.2, 0.25) is 0 Å². The molecule has 28 heavy (non-hydrogen) atoms. The number of amides is 1. The van der Waals surface area contributed by atoms with E-state index in [9.17, 15) is 14.4 Å². The highest BCUT2D eigenvalue weighted by Crippen LogP contribution is 2.36. The van der Waals surface area contributed by atoms with Crippen LogP contribution in [-0.2, 0) is 19.1 Å². The molecule has 0 aliphatic heterocycles. The second-order valence-electron chi connectivity index (χ2n) is 6.64. The van der Waals surface area contributed by atoms with Gasteiger partial charge in [0, 0.05) is 4.88 Å². The van der Waals surface area contributed by atoms with Crippen molar-refractivity contribution in [1.29, 1.82) is 0 Å². The Balaban J connectivity index is 1.76. The Labute approximate surface area is 167 Å². The number of anilines is 1. The van der Waals surface area contributed by atoms with Crippen molar-refractivity contribution in [2.24, 2.45) is 5.92 Å². The van der Waals surface area contributed by atoms with E-state index in [1.165, 1.54) is 18.3 Å². The van der Waals surface area contributed by atoms with Gasteiger partial charge in [0.1, 0.15) is 5.00 Å². The van der Waals surface area contributed by atoms with E-state index in [0.29, 0.717) is 5.00 Å². The summed E-state index contributed by atoms with van der Waals surface area (Å²) in [4.78, 5) is 37.6. The van der Waals surface area contributed by atoms with Gasteiger partial charge in [-0.3, -0.25) is 9.59 Å². The van der Waals surface area contributed by atoms with Crippen molar-refractivity contribution in [2.45, 2.75) is 39.2 Å². The van der Waals surface area contributed by atoms with E-state index in [0.717, 1.165) is 29.7 Å². The molecule has 1 fully saturated rings. The third kappa shape index (κ3) is 4.59. The number of carbonyl (C=O) groups excluding carboxylic acids is 3. The van der Waals surface area contributed by atoms with E-state index in [2.05, 4.69) is 5.32 Å². The van der Waals surface area contributed by atoms with Crippen LogP contribution >= 0.6 is 11.3 Å². The van der Waals surface area contributed by atoms with Crippen LogP contribution in [0.3, 0.4) is 0 Å². The molecule has 1 aromatic carbocycles. The second kappa shape index (κ2) is 9.01. The summed E-state index contributed by atoms with van der Waals surface area (Å²) in [6.07, 6.45) is 1.70. The topological polar surface area (TPSA) is 81.7 Å². The van der Waals surface area contributed by atoms with E-state index in [1.807, 2.05) is 30.3 Å². The molecule has 1 aromatic heterocycles. The average molecular weight is 401 g/mol. The van der Waals surface area contributed by atoms with Gasteiger partial charge < -0.3 is 14.8 Å². The smallest absolute Gasteiger partial charge is 0.341 e. The Hall–Kier alpha value is -2.67. The number of rotatable bonds is 7. The molecule has 1 atom stereocenters. The van der Waals surface area contributed by atoms with Gasteiger partial charge in [-0.1, -0.05) is 36.8 Å². The van der Waals surface area contributed by atoms with Crippen molar-refractivity contribution in [1.82, 2.24) is 0 Å². The summed E-state index contributed by atoms with van der Waals surface area (Å²) in [5.41, 5.74) is 1.22. The fourth-order valence-electron chi connectivity index (χ4n) is 2.77. The van der Waals surface area contributed by atoms with E-state index in [4.69, 9.17) is 9.47 Å². The summed E-state index contributed by atoms with van der Waals surface area (Å²) in [6.45, 7) is 3.49. The molecule has 1 heterocycles. The van der Waals surface area contributed by atoms with E-state index in [1.54, 1.807) is 13.0 Å². The van der Waals surface area contributed by atoms with Crippen molar-refractivity contribution in [3.05, 3.63) is 42.0 Å². The fraction of sp³-hybridized carbons (Fsp3) is 0.381. The lowest BCUT2D eigenvalue weighted by Crippen LogP contribution is -2.34. The molecule has 1 unspecified atom stereocenters. The normalized spacial score (nSPS) is 14.6. The summed E-state index contributed by atoms with van der Waals surface area (Å²) < 4.78 is 10.4. The van der Waals surface area contributed by atoms with Crippen LogP contribution in [-0.4, -0.2) is 30.6 Å². The molecule has 148 valence electrons. The number of esters is 2. The minimum absolute atomic E-state index is 0.100. The summed E-state index contributed by atoms with van der Waals surface area (Å²) in [6, 6.07) is 11.3. The number of nitrogens with one attached hydrogen (secondary N) is 1. The first-order valence-corrected chi connectivity index (χ1v) is 10.2. The highest BCUT2D eigenvalue weighted by Gasteiger charge is 2.30. The van der Waals surface area contributed by atoms with Crippen LogP contribution in [0.25, 0.3) is 10.4 Å². The highest BCUT2D eigenvalue weighted by atomic mass is 32.1. The van der Waals surface area contributed by atoms with E-state index < -0.39 is 18.0 Å². The molecule has 1 aliphatic rings.